The van der Waals surface area contributed by atoms with E-state index in [9.17, 15) is 0 Å². The van der Waals surface area contributed by atoms with Gasteiger partial charge in [-0.15, -0.1) is 11.3 Å². The average molecular weight is 364 g/mol. The van der Waals surface area contributed by atoms with Gasteiger partial charge in [0.2, 0.25) is 5.89 Å². The Hall–Kier alpha value is -1.50. The van der Waals surface area contributed by atoms with Gasteiger partial charge in [0.05, 0.1) is 6.54 Å². The number of nitrogens with zero attached hydrogens (tertiary/aromatic N) is 2. The van der Waals surface area contributed by atoms with Crippen molar-refractivity contribution in [1.29, 1.82) is 0 Å². The van der Waals surface area contributed by atoms with Gasteiger partial charge in [0, 0.05) is 27.7 Å². The van der Waals surface area contributed by atoms with Crippen LogP contribution in [0, 0.1) is 0 Å². The lowest BCUT2D eigenvalue weighted by Gasteiger charge is -1.97. The maximum atomic E-state index is 5.25. The molecule has 2 heterocycles. The predicted octanol–water partition coefficient (Wildman–Crippen LogP) is 3.77. The van der Waals surface area contributed by atoms with Crippen molar-refractivity contribution in [3.8, 4) is 0 Å². The van der Waals surface area contributed by atoms with Gasteiger partial charge in [-0.3, -0.25) is 0 Å². The largest absolute Gasteiger partial charge is 0.338 e. The summed E-state index contributed by atoms with van der Waals surface area (Å²) in [6.45, 7) is 1.38. The minimum atomic E-state index is 0.581. The molecule has 21 heavy (non-hydrogen) atoms. The number of benzene rings is 1. The maximum absolute atomic E-state index is 5.25. The van der Waals surface area contributed by atoms with E-state index in [2.05, 4.69) is 55.0 Å². The van der Waals surface area contributed by atoms with Crippen LogP contribution >= 0.6 is 27.3 Å². The highest BCUT2D eigenvalue weighted by Gasteiger charge is 2.07. The number of rotatable bonds is 6. The van der Waals surface area contributed by atoms with Crippen molar-refractivity contribution in [2.75, 3.05) is 0 Å². The molecule has 0 radical (unpaired) electrons. The Morgan fingerprint density at radius 1 is 1.19 bits per heavy atom. The van der Waals surface area contributed by atoms with Gasteiger partial charge in [0.25, 0.3) is 0 Å². The Bertz CT molecular complexity index is 696. The van der Waals surface area contributed by atoms with E-state index in [1.54, 1.807) is 11.3 Å². The predicted molar refractivity (Wildman–Crippen MR) is 86.1 cm³/mol. The first-order valence-electron chi connectivity index (χ1n) is 6.58. The molecule has 0 saturated heterocycles. The first-order valence-corrected chi connectivity index (χ1v) is 8.26. The summed E-state index contributed by atoms with van der Waals surface area (Å²) in [6.07, 6.45) is 0.697. The van der Waals surface area contributed by atoms with Crippen LogP contribution in [0.15, 0.2) is 50.8 Å². The van der Waals surface area contributed by atoms with Crippen LogP contribution in [-0.2, 0) is 19.5 Å². The molecular formula is C15H14BrN3OS. The van der Waals surface area contributed by atoms with Crippen molar-refractivity contribution >= 4 is 27.3 Å². The lowest BCUT2D eigenvalue weighted by Crippen LogP contribution is -2.12. The summed E-state index contributed by atoms with van der Waals surface area (Å²) in [7, 11) is 0. The van der Waals surface area contributed by atoms with Crippen molar-refractivity contribution < 1.29 is 4.52 Å². The van der Waals surface area contributed by atoms with Crippen LogP contribution < -0.4 is 5.32 Å². The molecule has 4 nitrogen and oxygen atoms in total. The molecule has 0 unspecified atom stereocenters. The maximum Gasteiger partial charge on any atom is 0.240 e. The molecule has 6 heteroatoms. The summed E-state index contributed by atoms with van der Waals surface area (Å²) in [5.41, 5.74) is 1.18. The number of thiophene rings is 1. The molecule has 1 aromatic carbocycles. The number of nitrogens with one attached hydrogen (secondary N) is 1. The fraction of sp³-hybridized carbons (Fsp3) is 0.200. The van der Waals surface area contributed by atoms with Gasteiger partial charge in [-0.1, -0.05) is 35.5 Å². The topological polar surface area (TPSA) is 51.0 Å². The summed E-state index contributed by atoms with van der Waals surface area (Å²) in [5.74, 6) is 1.34. The van der Waals surface area contributed by atoms with E-state index in [1.165, 1.54) is 10.4 Å². The van der Waals surface area contributed by atoms with Gasteiger partial charge < -0.3 is 9.84 Å². The normalized spacial score (nSPS) is 10.9. The zero-order chi connectivity index (χ0) is 14.5. The van der Waals surface area contributed by atoms with Crippen LogP contribution in [0.5, 0.6) is 0 Å². The minimum absolute atomic E-state index is 0.581. The lowest BCUT2D eigenvalue weighted by atomic mass is 10.1. The summed E-state index contributed by atoms with van der Waals surface area (Å²) in [4.78, 5) is 5.67. The fourth-order valence-corrected chi connectivity index (χ4v) is 3.37. The molecule has 108 valence electrons. The van der Waals surface area contributed by atoms with Crippen molar-refractivity contribution in [3.63, 3.8) is 0 Å². The third-order valence-corrected chi connectivity index (χ3v) is 4.61. The van der Waals surface area contributed by atoms with Gasteiger partial charge in [-0.25, -0.2) is 0 Å². The van der Waals surface area contributed by atoms with Crippen LogP contribution in [-0.4, -0.2) is 10.1 Å². The third-order valence-electron chi connectivity index (χ3n) is 2.91. The summed E-state index contributed by atoms with van der Waals surface area (Å²) < 4.78 is 6.37. The van der Waals surface area contributed by atoms with E-state index in [0.29, 0.717) is 18.9 Å². The summed E-state index contributed by atoms with van der Waals surface area (Å²) in [6, 6.07) is 12.2. The van der Waals surface area contributed by atoms with Crippen LogP contribution in [0.25, 0.3) is 0 Å². The van der Waals surface area contributed by atoms with Crippen molar-refractivity contribution in [1.82, 2.24) is 15.5 Å². The summed E-state index contributed by atoms with van der Waals surface area (Å²) in [5, 5.41) is 9.38. The van der Waals surface area contributed by atoms with Crippen LogP contribution in [0.2, 0.25) is 0 Å². The SMILES string of the molecule is Brc1csc(CNCc2nc(Cc3ccccc3)no2)c1. The summed E-state index contributed by atoms with van der Waals surface area (Å²) >= 11 is 5.16. The molecule has 2 aromatic heterocycles. The first kappa shape index (κ1) is 14.4. The lowest BCUT2D eigenvalue weighted by molar-refractivity contribution is 0.363. The quantitative estimate of drug-likeness (QED) is 0.723. The molecule has 0 aliphatic heterocycles. The molecule has 3 rings (SSSR count). The van der Waals surface area contributed by atoms with Crippen LogP contribution in [0.4, 0.5) is 0 Å². The third kappa shape index (κ3) is 4.23. The molecule has 0 bridgehead atoms. The molecular weight excluding hydrogens is 350 g/mol. The molecule has 0 aliphatic rings. The first-order chi connectivity index (χ1) is 10.3. The second-order valence-electron chi connectivity index (χ2n) is 4.60. The van der Waals surface area contributed by atoms with Crippen molar-refractivity contribution in [3.05, 3.63) is 68.4 Å². The van der Waals surface area contributed by atoms with E-state index >= 15 is 0 Å². The zero-order valence-electron chi connectivity index (χ0n) is 11.3. The standard InChI is InChI=1S/C15H14BrN3OS/c16-12-7-13(21-10-12)8-17-9-15-18-14(19-20-15)6-11-4-2-1-3-5-11/h1-5,7,10,17H,6,8-9H2. The number of halogens is 1. The Balaban J connectivity index is 1.51. The molecule has 1 N–H and O–H groups in total. The van der Waals surface area contributed by atoms with E-state index in [0.717, 1.165) is 16.8 Å². The van der Waals surface area contributed by atoms with Gasteiger partial charge >= 0.3 is 0 Å². The monoisotopic (exact) mass is 363 g/mol. The number of aromatic nitrogens is 2. The highest BCUT2D eigenvalue weighted by molar-refractivity contribution is 9.10. The van der Waals surface area contributed by atoms with Crippen LogP contribution in [0.1, 0.15) is 22.2 Å². The minimum Gasteiger partial charge on any atom is -0.338 e. The highest BCUT2D eigenvalue weighted by Crippen LogP contribution is 2.19. The van der Waals surface area contributed by atoms with Gasteiger partial charge in [-0.2, -0.15) is 4.98 Å². The van der Waals surface area contributed by atoms with E-state index in [4.69, 9.17) is 4.52 Å². The Kier molecular flexibility index (Phi) is 4.80. The van der Waals surface area contributed by atoms with Gasteiger partial charge in [-0.05, 0) is 27.6 Å². The molecule has 0 aliphatic carbocycles. The number of hydrogen-bond acceptors (Lipinski definition) is 5. The molecule has 0 spiro atoms. The van der Waals surface area contributed by atoms with Crippen molar-refractivity contribution in [2.24, 2.45) is 0 Å². The Labute approximate surface area is 135 Å². The number of hydrogen-bond donors (Lipinski definition) is 1. The molecule has 0 atom stereocenters. The van der Waals surface area contributed by atoms with E-state index in [-0.39, 0.29) is 0 Å². The zero-order valence-corrected chi connectivity index (χ0v) is 13.7. The average Bonchev–Trinajstić information content (AvgIpc) is 3.10. The van der Waals surface area contributed by atoms with Crippen LogP contribution in [0.3, 0.4) is 0 Å². The molecule has 3 aromatic rings. The second-order valence-corrected chi connectivity index (χ2v) is 6.51. The smallest absolute Gasteiger partial charge is 0.240 e. The molecule has 0 saturated carbocycles. The Morgan fingerprint density at radius 3 is 2.81 bits per heavy atom. The molecule has 0 fully saturated rings. The molecule has 0 amide bonds. The van der Waals surface area contributed by atoms with E-state index < -0.39 is 0 Å². The van der Waals surface area contributed by atoms with Gasteiger partial charge in [0.15, 0.2) is 5.82 Å². The van der Waals surface area contributed by atoms with Crippen molar-refractivity contribution in [2.45, 2.75) is 19.5 Å². The van der Waals surface area contributed by atoms with Gasteiger partial charge in [0.1, 0.15) is 0 Å². The van der Waals surface area contributed by atoms with E-state index in [1.807, 2.05) is 18.2 Å². The fourth-order valence-electron chi connectivity index (χ4n) is 1.95. The highest BCUT2D eigenvalue weighted by atomic mass is 79.9. The Morgan fingerprint density at radius 2 is 2.05 bits per heavy atom. The second kappa shape index (κ2) is 6.98.